The lowest BCUT2D eigenvalue weighted by Crippen LogP contribution is -2.70. The minimum atomic E-state index is -1.17. The molecule has 0 bridgehead atoms. The average molecular weight is 477 g/mol. The van der Waals surface area contributed by atoms with E-state index in [4.69, 9.17) is 11.6 Å². The van der Waals surface area contributed by atoms with Crippen LogP contribution in [-0.4, -0.2) is 60.7 Å². The highest BCUT2D eigenvalue weighted by molar-refractivity contribution is 8.01. The van der Waals surface area contributed by atoms with Crippen LogP contribution < -0.4 is 5.32 Å². The Morgan fingerprint density at radius 3 is 2.77 bits per heavy atom. The number of carboxylic acid groups (broad SMARTS) is 1. The first-order chi connectivity index (χ1) is 14.9. The third kappa shape index (κ3) is 4.70. The van der Waals surface area contributed by atoms with Crippen LogP contribution in [0.2, 0.25) is 5.15 Å². The van der Waals surface area contributed by atoms with Gasteiger partial charge in [0, 0.05) is 11.5 Å². The second kappa shape index (κ2) is 9.29. The van der Waals surface area contributed by atoms with E-state index in [-0.39, 0.29) is 23.2 Å². The van der Waals surface area contributed by atoms with Crippen LogP contribution in [0.25, 0.3) is 0 Å². The van der Waals surface area contributed by atoms with Gasteiger partial charge in [-0.1, -0.05) is 41.9 Å². The number of thioether (sulfide) groups is 2. The molecule has 31 heavy (non-hydrogen) atoms. The summed E-state index contributed by atoms with van der Waals surface area (Å²) in [4.78, 5) is 46.4. The molecular weight excluding hydrogens is 460 g/mol. The van der Waals surface area contributed by atoms with Crippen LogP contribution in [0, 0.1) is 0 Å². The first kappa shape index (κ1) is 21.7. The highest BCUT2D eigenvalue weighted by atomic mass is 35.5. The number of rotatable bonds is 7. The summed E-state index contributed by atoms with van der Waals surface area (Å²) in [5.74, 6) is -1.08. The standard InChI is InChI=1S/C20H17ClN4O4S2/c21-13-7-22-8-15(23-13)30-9-12-10-31-19-16(18(27)25(19)17(12)20(28)29)24-14(26)6-11-4-2-1-3-5-11/h1-5,7-8,16,19H,6,9-10H2,(H,24,26)(H,28,29)/t16?,19-/m1/s1. The van der Waals surface area contributed by atoms with Crippen LogP contribution in [0.1, 0.15) is 5.56 Å². The first-order valence-corrected chi connectivity index (χ1v) is 11.7. The summed E-state index contributed by atoms with van der Waals surface area (Å²) in [6.07, 6.45) is 3.12. The van der Waals surface area contributed by atoms with Crippen LogP contribution in [0.3, 0.4) is 0 Å². The number of carbonyl (C=O) groups excluding carboxylic acids is 2. The molecule has 2 amide bonds. The van der Waals surface area contributed by atoms with Crippen molar-refractivity contribution in [2.24, 2.45) is 0 Å². The highest BCUT2D eigenvalue weighted by Crippen LogP contribution is 2.41. The number of carboxylic acids is 1. The smallest absolute Gasteiger partial charge is 0.352 e. The minimum Gasteiger partial charge on any atom is -0.477 e. The van der Waals surface area contributed by atoms with Crippen molar-refractivity contribution >= 4 is 52.9 Å². The summed E-state index contributed by atoms with van der Waals surface area (Å²) >= 11 is 8.58. The number of hydrogen-bond donors (Lipinski definition) is 2. The normalized spacial score (nSPS) is 20.2. The first-order valence-electron chi connectivity index (χ1n) is 9.27. The number of aromatic nitrogens is 2. The van der Waals surface area contributed by atoms with Crippen molar-refractivity contribution in [2.75, 3.05) is 11.5 Å². The van der Waals surface area contributed by atoms with E-state index < -0.39 is 23.3 Å². The maximum atomic E-state index is 12.7. The molecule has 1 fully saturated rings. The molecule has 2 atom stereocenters. The van der Waals surface area contributed by atoms with E-state index in [0.29, 0.717) is 22.1 Å². The van der Waals surface area contributed by atoms with Crippen molar-refractivity contribution in [2.45, 2.75) is 22.9 Å². The summed E-state index contributed by atoms with van der Waals surface area (Å²) in [6, 6.07) is 8.49. The van der Waals surface area contributed by atoms with Gasteiger partial charge in [-0.2, -0.15) is 0 Å². The molecule has 0 saturated carbocycles. The molecule has 0 aliphatic carbocycles. The lowest BCUT2D eigenvalue weighted by Gasteiger charge is -2.49. The van der Waals surface area contributed by atoms with Gasteiger partial charge in [0.1, 0.15) is 27.3 Å². The molecule has 2 N–H and O–H groups in total. The monoisotopic (exact) mass is 476 g/mol. The van der Waals surface area contributed by atoms with Gasteiger partial charge >= 0.3 is 5.97 Å². The Hall–Kier alpha value is -2.56. The van der Waals surface area contributed by atoms with Crippen LogP contribution in [0.15, 0.2) is 59.0 Å². The largest absolute Gasteiger partial charge is 0.477 e. The van der Waals surface area contributed by atoms with Gasteiger partial charge < -0.3 is 10.4 Å². The molecule has 160 valence electrons. The van der Waals surface area contributed by atoms with E-state index in [1.807, 2.05) is 30.3 Å². The van der Waals surface area contributed by atoms with Gasteiger partial charge in [0.05, 0.1) is 18.8 Å². The van der Waals surface area contributed by atoms with E-state index in [2.05, 4.69) is 15.3 Å². The zero-order valence-corrected chi connectivity index (χ0v) is 18.4. The molecular formula is C20H17ClN4O4S2. The van der Waals surface area contributed by atoms with Gasteiger partial charge in [0.15, 0.2) is 0 Å². The van der Waals surface area contributed by atoms with Crippen molar-refractivity contribution in [3.63, 3.8) is 0 Å². The van der Waals surface area contributed by atoms with E-state index >= 15 is 0 Å². The molecule has 4 rings (SSSR count). The quantitative estimate of drug-likeness (QED) is 0.462. The number of carbonyl (C=O) groups is 3. The van der Waals surface area contributed by atoms with Gasteiger partial charge in [-0.25, -0.2) is 9.78 Å². The third-order valence-corrected chi connectivity index (χ3v) is 7.26. The average Bonchev–Trinajstić information content (AvgIpc) is 2.76. The van der Waals surface area contributed by atoms with E-state index in [9.17, 15) is 19.5 Å². The molecule has 2 aliphatic heterocycles. The highest BCUT2D eigenvalue weighted by Gasteiger charge is 2.54. The maximum Gasteiger partial charge on any atom is 0.352 e. The Bertz CT molecular complexity index is 1070. The number of fused-ring (bicyclic) bond motifs is 1. The summed E-state index contributed by atoms with van der Waals surface area (Å²) in [7, 11) is 0. The Morgan fingerprint density at radius 2 is 2.06 bits per heavy atom. The zero-order valence-electron chi connectivity index (χ0n) is 16.0. The number of amides is 2. The lowest BCUT2D eigenvalue weighted by molar-refractivity contribution is -0.150. The van der Waals surface area contributed by atoms with Gasteiger partial charge in [-0.05, 0) is 11.1 Å². The molecule has 1 unspecified atom stereocenters. The number of benzene rings is 1. The second-order valence-electron chi connectivity index (χ2n) is 6.84. The second-order valence-corrected chi connectivity index (χ2v) is 9.33. The summed E-state index contributed by atoms with van der Waals surface area (Å²) in [6.45, 7) is 0. The number of nitrogens with zero attached hydrogens (tertiary/aromatic N) is 3. The zero-order chi connectivity index (χ0) is 22.0. The number of β-lactam (4-membered cyclic amide) rings is 1. The lowest BCUT2D eigenvalue weighted by atomic mass is 10.0. The minimum absolute atomic E-state index is 0.0233. The summed E-state index contributed by atoms with van der Waals surface area (Å²) < 4.78 is 0. The summed E-state index contributed by atoms with van der Waals surface area (Å²) in [5.41, 5.74) is 1.43. The molecule has 1 saturated heterocycles. The molecule has 1 aromatic heterocycles. The molecule has 2 aliphatic rings. The Kier molecular flexibility index (Phi) is 6.49. The van der Waals surface area contributed by atoms with Crippen molar-refractivity contribution in [3.8, 4) is 0 Å². The van der Waals surface area contributed by atoms with Gasteiger partial charge in [-0.3, -0.25) is 19.5 Å². The van der Waals surface area contributed by atoms with E-state index in [1.165, 1.54) is 34.6 Å². The van der Waals surface area contributed by atoms with Gasteiger partial charge in [0.2, 0.25) is 5.91 Å². The predicted octanol–water partition coefficient (Wildman–Crippen LogP) is 2.20. The van der Waals surface area contributed by atoms with E-state index in [0.717, 1.165) is 5.56 Å². The number of hydrogen-bond acceptors (Lipinski definition) is 7. The molecule has 1 aromatic carbocycles. The SMILES string of the molecule is O=C(Cc1ccccc1)NC1C(=O)N2C(C(=O)O)=C(CSc3cncc(Cl)n3)CS[C@H]12. The fourth-order valence-corrected chi connectivity index (χ4v) is 5.89. The fourth-order valence-electron chi connectivity index (χ4n) is 3.36. The van der Waals surface area contributed by atoms with Crippen LogP contribution >= 0.6 is 35.1 Å². The van der Waals surface area contributed by atoms with E-state index in [1.54, 1.807) is 6.20 Å². The molecule has 8 nitrogen and oxygen atoms in total. The Balaban J connectivity index is 1.44. The predicted molar refractivity (Wildman–Crippen MR) is 118 cm³/mol. The van der Waals surface area contributed by atoms with Crippen LogP contribution in [0.5, 0.6) is 0 Å². The van der Waals surface area contributed by atoms with Crippen molar-refractivity contribution < 1.29 is 19.5 Å². The molecule has 11 heteroatoms. The topological polar surface area (TPSA) is 112 Å². The Morgan fingerprint density at radius 1 is 1.29 bits per heavy atom. The van der Waals surface area contributed by atoms with Crippen LogP contribution in [0.4, 0.5) is 0 Å². The molecule has 0 radical (unpaired) electrons. The number of nitrogens with one attached hydrogen (secondary N) is 1. The number of halogens is 1. The fraction of sp³-hybridized carbons (Fsp3) is 0.250. The number of aliphatic carboxylic acids is 1. The maximum absolute atomic E-state index is 12.7. The van der Waals surface area contributed by atoms with Crippen molar-refractivity contribution in [1.82, 2.24) is 20.2 Å². The summed E-state index contributed by atoms with van der Waals surface area (Å²) in [5, 5.41) is 12.9. The molecule has 2 aromatic rings. The van der Waals surface area contributed by atoms with Crippen molar-refractivity contribution in [1.29, 1.82) is 0 Å². The molecule has 0 spiro atoms. The van der Waals surface area contributed by atoms with Crippen molar-refractivity contribution in [3.05, 3.63) is 64.7 Å². The van der Waals surface area contributed by atoms with Crippen LogP contribution in [-0.2, 0) is 20.8 Å². The Labute approximate surface area is 191 Å². The van der Waals surface area contributed by atoms with Gasteiger partial charge in [-0.15, -0.1) is 23.5 Å². The third-order valence-electron chi connectivity index (χ3n) is 4.75. The van der Waals surface area contributed by atoms with Gasteiger partial charge in [0.25, 0.3) is 5.91 Å². The molecule has 3 heterocycles.